The normalized spacial score (nSPS) is 33.2. The topological polar surface area (TPSA) is 0 Å². The van der Waals surface area contributed by atoms with Crippen molar-refractivity contribution in [2.45, 2.75) is 47.9 Å². The quantitative estimate of drug-likeness (QED) is 0.347. The molecule has 1 spiro atoms. The Labute approximate surface area is 183 Å². The summed E-state index contributed by atoms with van der Waals surface area (Å²) >= 11 is 7.44. The van der Waals surface area contributed by atoms with Crippen molar-refractivity contribution >= 4 is 31.9 Å². The zero-order chi connectivity index (χ0) is 13.3. The first kappa shape index (κ1) is 20.8. The van der Waals surface area contributed by atoms with Crippen LogP contribution in [0.25, 0.3) is 0 Å². The number of hydrogen-bond donors (Lipinski definition) is 0. The molecule has 0 N–H and O–H groups in total. The van der Waals surface area contributed by atoms with Crippen molar-refractivity contribution in [3.8, 4) is 0 Å². The number of alkyl halides is 5. The van der Waals surface area contributed by atoms with Crippen LogP contribution in [0.3, 0.4) is 0 Å². The zero-order valence-electron chi connectivity index (χ0n) is 10.6. The molecule has 0 heterocycles. The van der Waals surface area contributed by atoms with Crippen LogP contribution in [0.5, 0.6) is 0 Å². The van der Waals surface area contributed by atoms with Crippen LogP contribution in [0.15, 0.2) is 0 Å². The van der Waals surface area contributed by atoms with Crippen LogP contribution in [-0.2, 0) is 0 Å². The molecule has 0 amide bonds. The van der Waals surface area contributed by atoms with E-state index in [1.807, 2.05) is 0 Å². The average molecular weight is 511 g/mol. The third-order valence-corrected chi connectivity index (χ3v) is 5.80. The van der Waals surface area contributed by atoms with Gasteiger partial charge in [0.2, 0.25) is 0 Å². The molecular weight excluding hydrogens is 494 g/mol. The molecule has 0 nitrogen and oxygen atoms in total. The molecule has 0 unspecified atom stereocenters. The smallest absolute Gasteiger partial charge is 0.340 e. The van der Waals surface area contributed by atoms with E-state index in [1.165, 1.54) is 32.1 Å². The van der Waals surface area contributed by atoms with Gasteiger partial charge < -0.3 is 13.8 Å². The first-order valence-electron chi connectivity index (χ1n) is 5.69. The molecule has 2 rings (SSSR count). The Balaban J connectivity index is 0.000000362. The van der Waals surface area contributed by atoms with Gasteiger partial charge in [0.15, 0.2) is 0 Å². The van der Waals surface area contributed by atoms with Crippen LogP contribution in [0, 0.1) is 25.2 Å². The largest absolute Gasteiger partial charge is 1.00 e. The van der Waals surface area contributed by atoms with Gasteiger partial charge in [-0.05, 0) is 24.7 Å². The summed E-state index contributed by atoms with van der Waals surface area (Å²) in [6.45, 7) is 6.74. The van der Waals surface area contributed by atoms with Gasteiger partial charge in [-0.1, -0.05) is 51.1 Å². The summed E-state index contributed by atoms with van der Waals surface area (Å²) in [5.74, 6) is 0.719. The second kappa shape index (κ2) is 7.88. The SMILES string of the molecule is [CH2-]C1CCC2(CC1)CC2(Br)Br.[CH2-]CC(F)(F)F.[Cs+]. The summed E-state index contributed by atoms with van der Waals surface area (Å²) in [7, 11) is 0. The van der Waals surface area contributed by atoms with E-state index in [-0.39, 0.29) is 68.9 Å². The van der Waals surface area contributed by atoms with Gasteiger partial charge in [-0.2, -0.15) is 19.1 Å². The van der Waals surface area contributed by atoms with Gasteiger partial charge in [-0.25, -0.2) is 0 Å². The summed E-state index contributed by atoms with van der Waals surface area (Å²) in [5.41, 5.74) is 0.598. The summed E-state index contributed by atoms with van der Waals surface area (Å²) in [5, 5.41) is 0. The molecule has 2 fully saturated rings. The van der Waals surface area contributed by atoms with Crippen LogP contribution in [0.4, 0.5) is 13.2 Å². The molecule has 2 aliphatic carbocycles. The third kappa shape index (κ3) is 6.28. The zero-order valence-corrected chi connectivity index (χ0v) is 20.1. The number of hydrogen-bond acceptors (Lipinski definition) is 0. The Kier molecular flexibility index (Phi) is 9.11. The van der Waals surface area contributed by atoms with Crippen molar-refractivity contribution in [1.29, 1.82) is 0 Å². The number of rotatable bonds is 0. The van der Waals surface area contributed by atoms with Crippen LogP contribution < -0.4 is 68.9 Å². The molecular formula is C12H17Br2CsF3-. The second-order valence-electron chi connectivity index (χ2n) is 4.97. The van der Waals surface area contributed by atoms with Crippen molar-refractivity contribution in [3.63, 3.8) is 0 Å². The minimum Gasteiger partial charge on any atom is -0.340 e. The second-order valence-corrected chi connectivity index (χ2v) is 8.74. The van der Waals surface area contributed by atoms with Gasteiger partial charge in [0, 0.05) is 0 Å². The Morgan fingerprint density at radius 3 is 1.72 bits per heavy atom. The molecule has 0 aromatic heterocycles. The molecule has 18 heavy (non-hydrogen) atoms. The van der Waals surface area contributed by atoms with Gasteiger partial charge in [-0.3, -0.25) is 0 Å². The van der Waals surface area contributed by atoms with Gasteiger partial charge in [0.05, 0.1) is 3.23 Å². The molecule has 0 aromatic rings. The third-order valence-electron chi connectivity index (χ3n) is 3.56. The van der Waals surface area contributed by atoms with Crippen molar-refractivity contribution in [2.24, 2.45) is 11.3 Å². The van der Waals surface area contributed by atoms with E-state index in [1.54, 1.807) is 0 Å². The Morgan fingerprint density at radius 2 is 1.50 bits per heavy atom. The molecule has 0 aliphatic heterocycles. The molecule has 2 saturated carbocycles. The fourth-order valence-electron chi connectivity index (χ4n) is 2.15. The summed E-state index contributed by atoms with van der Waals surface area (Å²) in [4.78, 5) is 0. The summed E-state index contributed by atoms with van der Waals surface area (Å²) < 4.78 is 32.5. The minimum absolute atomic E-state index is 0. The molecule has 6 heteroatoms. The van der Waals surface area contributed by atoms with E-state index in [9.17, 15) is 13.2 Å². The van der Waals surface area contributed by atoms with E-state index in [2.05, 4.69) is 45.7 Å². The maximum absolute atomic E-state index is 10.7. The monoisotopic (exact) mass is 509 g/mol. The molecule has 0 bridgehead atoms. The van der Waals surface area contributed by atoms with Gasteiger partial charge in [0.1, 0.15) is 0 Å². The minimum atomic E-state index is -4.07. The van der Waals surface area contributed by atoms with Crippen LogP contribution >= 0.6 is 31.9 Å². The van der Waals surface area contributed by atoms with Crippen molar-refractivity contribution in [2.75, 3.05) is 0 Å². The molecule has 0 radical (unpaired) electrons. The Hall–Kier alpha value is 2.80. The average Bonchev–Trinajstić information content (AvgIpc) is 2.74. The molecule has 0 aromatic carbocycles. The predicted octanol–water partition coefficient (Wildman–Crippen LogP) is 2.66. The van der Waals surface area contributed by atoms with Gasteiger partial charge in [-0.15, -0.1) is 0 Å². The van der Waals surface area contributed by atoms with Crippen molar-refractivity contribution in [3.05, 3.63) is 13.8 Å². The van der Waals surface area contributed by atoms with Crippen LogP contribution in [0.1, 0.15) is 38.5 Å². The van der Waals surface area contributed by atoms with E-state index < -0.39 is 12.6 Å². The van der Waals surface area contributed by atoms with Gasteiger partial charge in [0.25, 0.3) is 0 Å². The standard InChI is InChI=1S/C9H13Br2.C3H4F3.Cs/c1-7-2-4-8(5-3-7)6-9(8,10)11;1-2-3(4,5)6;/h7H,1-6H2;1-2H2;/q2*-1;+1. The summed E-state index contributed by atoms with van der Waals surface area (Å²) in [6, 6.07) is 0. The molecule has 102 valence electrons. The van der Waals surface area contributed by atoms with Crippen molar-refractivity contribution < 1.29 is 82.1 Å². The molecule has 0 atom stereocenters. The maximum Gasteiger partial charge on any atom is 1.00 e. The van der Waals surface area contributed by atoms with Crippen LogP contribution in [-0.4, -0.2) is 9.41 Å². The van der Waals surface area contributed by atoms with Crippen molar-refractivity contribution in [1.82, 2.24) is 0 Å². The molecule has 2 aliphatic rings. The van der Waals surface area contributed by atoms with E-state index in [4.69, 9.17) is 0 Å². The first-order chi connectivity index (χ1) is 7.62. The predicted molar refractivity (Wildman–Crippen MR) is 71.0 cm³/mol. The maximum atomic E-state index is 10.7. The van der Waals surface area contributed by atoms with Crippen LogP contribution in [0.2, 0.25) is 0 Å². The Bertz CT molecular complexity index is 259. The molecule has 0 saturated heterocycles. The fourth-order valence-corrected chi connectivity index (χ4v) is 4.02. The first-order valence-corrected chi connectivity index (χ1v) is 7.27. The fraction of sp³-hybridized carbons (Fsp3) is 0.833. The van der Waals surface area contributed by atoms with E-state index in [0.29, 0.717) is 8.65 Å². The Morgan fingerprint density at radius 1 is 1.17 bits per heavy atom. The number of halogens is 5. The summed E-state index contributed by atoms with van der Waals surface area (Å²) in [6.07, 6.45) is 1.62. The van der Waals surface area contributed by atoms with E-state index in [0.717, 1.165) is 5.92 Å². The van der Waals surface area contributed by atoms with Gasteiger partial charge >= 0.3 is 75.1 Å². The van der Waals surface area contributed by atoms with E-state index >= 15 is 0 Å².